The molecule has 0 heterocycles. The highest BCUT2D eigenvalue weighted by atomic mass is 35.5. The van der Waals surface area contributed by atoms with Gasteiger partial charge in [-0.2, -0.15) is 5.10 Å². The summed E-state index contributed by atoms with van der Waals surface area (Å²) in [6, 6.07) is 10.8. The van der Waals surface area contributed by atoms with Crippen molar-refractivity contribution in [3.63, 3.8) is 0 Å². The zero-order valence-electron chi connectivity index (χ0n) is 14.1. The second-order valence-corrected chi connectivity index (χ2v) is 6.09. The van der Waals surface area contributed by atoms with Crippen LogP contribution in [0.5, 0.6) is 5.75 Å². The number of halogens is 2. The van der Waals surface area contributed by atoms with E-state index in [4.69, 9.17) is 27.9 Å². The van der Waals surface area contributed by atoms with E-state index in [1.165, 1.54) is 6.21 Å². The third-order valence-electron chi connectivity index (χ3n) is 3.45. The lowest BCUT2D eigenvalue weighted by Crippen LogP contribution is -2.43. The first-order chi connectivity index (χ1) is 12.4. The Kier molecular flexibility index (Phi) is 7.00. The number of benzene rings is 2. The van der Waals surface area contributed by atoms with Gasteiger partial charge in [-0.05, 0) is 37.3 Å². The molecule has 2 aromatic rings. The monoisotopic (exact) mass is 393 g/mol. The van der Waals surface area contributed by atoms with Gasteiger partial charge in [-0.25, -0.2) is 5.43 Å². The minimum atomic E-state index is -0.781. The predicted molar refractivity (Wildman–Crippen MR) is 102 cm³/mol. The lowest BCUT2D eigenvalue weighted by Gasteiger charge is -2.12. The minimum Gasteiger partial charge on any atom is -0.497 e. The van der Waals surface area contributed by atoms with Crippen molar-refractivity contribution < 1.29 is 14.3 Å². The number of hydrazone groups is 1. The molecular weight excluding hydrogens is 377 g/mol. The number of carbonyl (C=O) groups is 2. The summed E-state index contributed by atoms with van der Waals surface area (Å²) in [5.41, 5.74) is 3.33. The van der Waals surface area contributed by atoms with E-state index in [0.717, 1.165) is 0 Å². The highest BCUT2D eigenvalue weighted by molar-refractivity contribution is 6.43. The number of hydrogen-bond acceptors (Lipinski definition) is 4. The average molecular weight is 394 g/mol. The van der Waals surface area contributed by atoms with Gasteiger partial charge in [0.15, 0.2) is 0 Å². The first kappa shape index (κ1) is 19.8. The van der Waals surface area contributed by atoms with Gasteiger partial charge in [-0.3, -0.25) is 9.59 Å². The molecule has 2 amide bonds. The third-order valence-corrected chi connectivity index (χ3v) is 4.29. The van der Waals surface area contributed by atoms with Gasteiger partial charge in [0.25, 0.3) is 11.8 Å². The number of ether oxygens (including phenoxy) is 1. The fraction of sp³-hybridized carbons (Fsp3) is 0.167. The van der Waals surface area contributed by atoms with E-state index in [1.54, 1.807) is 56.5 Å². The lowest BCUT2D eigenvalue weighted by atomic mass is 10.2. The molecule has 0 aliphatic carbocycles. The molecule has 0 fully saturated rings. The van der Waals surface area contributed by atoms with Crippen molar-refractivity contribution in [3.8, 4) is 5.75 Å². The van der Waals surface area contributed by atoms with Crippen molar-refractivity contribution in [1.82, 2.24) is 10.7 Å². The van der Waals surface area contributed by atoms with Gasteiger partial charge in [0.2, 0.25) is 0 Å². The highest BCUT2D eigenvalue weighted by Gasteiger charge is 2.16. The van der Waals surface area contributed by atoms with Crippen molar-refractivity contribution in [2.24, 2.45) is 5.10 Å². The second-order valence-electron chi connectivity index (χ2n) is 5.30. The van der Waals surface area contributed by atoms with E-state index in [9.17, 15) is 9.59 Å². The van der Waals surface area contributed by atoms with Crippen LogP contribution in [0.15, 0.2) is 47.6 Å². The summed E-state index contributed by atoms with van der Waals surface area (Å²) < 4.78 is 5.04. The zero-order chi connectivity index (χ0) is 19.1. The van der Waals surface area contributed by atoms with Crippen LogP contribution in [-0.2, 0) is 4.79 Å². The quantitative estimate of drug-likeness (QED) is 0.583. The predicted octanol–water partition coefficient (Wildman–Crippen LogP) is 3.27. The van der Waals surface area contributed by atoms with E-state index in [-0.39, 0.29) is 5.91 Å². The van der Waals surface area contributed by atoms with Crippen LogP contribution in [0.2, 0.25) is 10.0 Å². The van der Waals surface area contributed by atoms with Gasteiger partial charge in [0, 0.05) is 11.1 Å². The molecule has 2 N–H and O–H groups in total. The summed E-state index contributed by atoms with van der Waals surface area (Å²) in [5.74, 6) is -0.209. The molecule has 0 spiro atoms. The van der Waals surface area contributed by atoms with Gasteiger partial charge in [0.1, 0.15) is 11.8 Å². The Hall–Kier alpha value is -2.57. The van der Waals surface area contributed by atoms with Crippen LogP contribution in [0, 0.1) is 0 Å². The summed E-state index contributed by atoms with van der Waals surface area (Å²) in [5, 5.41) is 7.15. The Morgan fingerprint density at radius 1 is 1.15 bits per heavy atom. The summed E-state index contributed by atoms with van der Waals surface area (Å²) >= 11 is 11.9. The fourth-order valence-electron chi connectivity index (χ4n) is 1.97. The number of carbonyl (C=O) groups excluding carboxylic acids is 2. The molecule has 0 bridgehead atoms. The topological polar surface area (TPSA) is 79.8 Å². The van der Waals surface area contributed by atoms with Crippen molar-refractivity contribution >= 4 is 41.2 Å². The van der Waals surface area contributed by atoms with Crippen LogP contribution < -0.4 is 15.5 Å². The van der Waals surface area contributed by atoms with Crippen LogP contribution >= 0.6 is 23.2 Å². The largest absolute Gasteiger partial charge is 0.497 e. The first-order valence-electron chi connectivity index (χ1n) is 7.64. The highest BCUT2D eigenvalue weighted by Crippen LogP contribution is 2.24. The molecule has 0 aliphatic heterocycles. The van der Waals surface area contributed by atoms with Crippen LogP contribution in [0.1, 0.15) is 22.8 Å². The maximum Gasteiger partial charge on any atom is 0.262 e. The summed E-state index contributed by atoms with van der Waals surface area (Å²) in [7, 11) is 1.54. The van der Waals surface area contributed by atoms with Crippen LogP contribution in [-0.4, -0.2) is 31.2 Å². The van der Waals surface area contributed by atoms with E-state index in [1.807, 2.05) is 0 Å². The summed E-state index contributed by atoms with van der Waals surface area (Å²) in [6.45, 7) is 1.55. The van der Waals surface area contributed by atoms with Gasteiger partial charge in [-0.15, -0.1) is 0 Å². The SMILES string of the molecule is COc1ccc(C(=O)NC(C)C(=O)NN=Cc2cccc(Cl)c2Cl)cc1. The van der Waals surface area contributed by atoms with Gasteiger partial charge in [-0.1, -0.05) is 35.3 Å². The molecule has 2 rings (SSSR count). The van der Waals surface area contributed by atoms with Gasteiger partial charge in [0.05, 0.1) is 23.4 Å². The summed E-state index contributed by atoms with van der Waals surface area (Å²) in [4.78, 5) is 24.2. The Bertz CT molecular complexity index is 823. The molecule has 0 saturated heterocycles. The lowest BCUT2D eigenvalue weighted by molar-refractivity contribution is -0.122. The number of hydrogen-bond donors (Lipinski definition) is 2. The van der Waals surface area contributed by atoms with E-state index < -0.39 is 11.9 Å². The minimum absolute atomic E-state index is 0.341. The Morgan fingerprint density at radius 2 is 1.85 bits per heavy atom. The maximum absolute atomic E-state index is 12.1. The maximum atomic E-state index is 12.1. The molecule has 2 aromatic carbocycles. The Balaban J connectivity index is 1.91. The van der Waals surface area contributed by atoms with Crippen LogP contribution in [0.25, 0.3) is 0 Å². The van der Waals surface area contributed by atoms with Crippen molar-refractivity contribution in [2.75, 3.05) is 7.11 Å². The number of rotatable bonds is 6. The first-order valence-corrected chi connectivity index (χ1v) is 8.40. The molecule has 0 saturated carbocycles. The average Bonchev–Trinajstić information content (AvgIpc) is 2.65. The molecule has 1 unspecified atom stereocenters. The standard InChI is InChI=1S/C18H17Cl2N3O3/c1-11(22-18(25)12-6-8-14(26-2)9-7-12)17(24)23-21-10-13-4-3-5-15(19)16(13)20/h3-11H,1-2H3,(H,22,25)(H,23,24). The number of amides is 2. The van der Waals surface area contributed by atoms with Gasteiger partial charge >= 0.3 is 0 Å². The third kappa shape index (κ3) is 5.21. The number of nitrogens with one attached hydrogen (secondary N) is 2. The Morgan fingerprint density at radius 3 is 2.50 bits per heavy atom. The van der Waals surface area contributed by atoms with Crippen molar-refractivity contribution in [3.05, 3.63) is 63.6 Å². The van der Waals surface area contributed by atoms with Gasteiger partial charge < -0.3 is 10.1 Å². The van der Waals surface area contributed by atoms with Crippen LogP contribution in [0.3, 0.4) is 0 Å². The summed E-state index contributed by atoms with van der Waals surface area (Å²) in [6.07, 6.45) is 1.38. The molecule has 0 radical (unpaired) electrons. The van der Waals surface area contributed by atoms with E-state index >= 15 is 0 Å². The molecule has 136 valence electrons. The number of nitrogens with zero attached hydrogens (tertiary/aromatic N) is 1. The van der Waals surface area contributed by atoms with E-state index in [2.05, 4.69) is 15.8 Å². The van der Waals surface area contributed by atoms with Crippen molar-refractivity contribution in [2.45, 2.75) is 13.0 Å². The molecule has 8 heteroatoms. The molecule has 6 nitrogen and oxygen atoms in total. The fourth-order valence-corrected chi connectivity index (χ4v) is 2.33. The zero-order valence-corrected chi connectivity index (χ0v) is 15.6. The molecule has 0 aliphatic rings. The second kappa shape index (κ2) is 9.22. The van der Waals surface area contributed by atoms with Crippen molar-refractivity contribution in [1.29, 1.82) is 0 Å². The van der Waals surface area contributed by atoms with E-state index in [0.29, 0.717) is 26.9 Å². The smallest absolute Gasteiger partial charge is 0.262 e. The Labute approximate surface area is 161 Å². The molecule has 0 aromatic heterocycles. The van der Waals surface area contributed by atoms with Crippen LogP contribution in [0.4, 0.5) is 0 Å². The normalized spacial score (nSPS) is 11.8. The number of methoxy groups -OCH3 is 1. The molecule has 1 atom stereocenters. The molecular formula is C18H17Cl2N3O3. The molecule has 26 heavy (non-hydrogen) atoms.